The molecule has 2 aromatic heterocycles. The first-order valence-electron chi connectivity index (χ1n) is 14.1. The third-order valence-electron chi connectivity index (χ3n) is 7.31. The summed E-state index contributed by atoms with van der Waals surface area (Å²) in [5.41, 5.74) is 1.90. The minimum Gasteiger partial charge on any atom is -0.490 e. The number of aromatic amines is 1. The molecule has 3 aromatic rings. The van der Waals surface area contributed by atoms with Crippen LogP contribution in [0.25, 0.3) is 0 Å². The van der Waals surface area contributed by atoms with Gasteiger partial charge in [0.05, 0.1) is 13.7 Å². The van der Waals surface area contributed by atoms with Gasteiger partial charge in [0.2, 0.25) is 11.7 Å². The predicted octanol–water partition coefficient (Wildman–Crippen LogP) is 3.68. The zero-order valence-electron chi connectivity index (χ0n) is 24.0. The van der Waals surface area contributed by atoms with Crippen LogP contribution in [-0.2, 0) is 16.0 Å². The molecule has 0 aliphatic carbocycles. The van der Waals surface area contributed by atoms with Gasteiger partial charge in [0.15, 0.2) is 22.6 Å². The molecule has 218 valence electrons. The fraction of sp³-hybridized carbons (Fsp3) is 0.483. The van der Waals surface area contributed by atoms with Crippen LogP contribution in [0.5, 0.6) is 5.75 Å². The molecule has 0 bridgehead atoms. The molecular weight excluding hydrogens is 540 g/mol. The Hall–Kier alpha value is -3.64. The molecule has 0 saturated carbocycles. The molecule has 0 atom stereocenters. The smallest absolute Gasteiger partial charge is 0.236 e. The zero-order chi connectivity index (χ0) is 28.8. The van der Waals surface area contributed by atoms with E-state index < -0.39 is 0 Å². The molecule has 2 N–H and O–H groups in total. The molecule has 2 fully saturated rings. The highest BCUT2D eigenvalue weighted by atomic mass is 32.2. The van der Waals surface area contributed by atoms with E-state index in [1.54, 1.807) is 14.0 Å². The number of likely N-dealkylation sites (tertiary alicyclic amines) is 1. The van der Waals surface area contributed by atoms with Crippen molar-refractivity contribution in [2.45, 2.75) is 49.6 Å². The first-order chi connectivity index (χ1) is 19.9. The van der Waals surface area contributed by atoms with E-state index in [0.717, 1.165) is 55.2 Å². The van der Waals surface area contributed by atoms with Gasteiger partial charge in [-0.1, -0.05) is 12.1 Å². The maximum Gasteiger partial charge on any atom is 0.236 e. The van der Waals surface area contributed by atoms with Crippen molar-refractivity contribution in [2.75, 3.05) is 63.1 Å². The minimum atomic E-state index is 0.133. The number of piperazine rings is 1. The molecule has 5 rings (SSSR count). The largest absolute Gasteiger partial charge is 0.490 e. The van der Waals surface area contributed by atoms with Crippen molar-refractivity contribution in [3.05, 3.63) is 41.6 Å². The number of hydrogen-bond donors (Lipinski definition) is 2. The lowest BCUT2D eigenvalue weighted by atomic mass is 10.1. The lowest BCUT2D eigenvalue weighted by Gasteiger charge is -2.37. The number of ether oxygens (including phenoxy) is 1. The summed E-state index contributed by atoms with van der Waals surface area (Å²) in [6.07, 6.45) is 3.83. The minimum absolute atomic E-state index is 0.133. The van der Waals surface area contributed by atoms with E-state index in [1.807, 2.05) is 42.2 Å². The third-order valence-corrected chi connectivity index (χ3v) is 8.18. The van der Waals surface area contributed by atoms with Crippen LogP contribution >= 0.6 is 11.8 Å². The Morgan fingerprint density at radius 1 is 1.02 bits per heavy atom. The molecule has 2 saturated heterocycles. The number of hydrogen-bond acceptors (Lipinski definition) is 10. The van der Waals surface area contributed by atoms with Crippen molar-refractivity contribution >= 4 is 40.9 Å². The number of Topliss-reactive ketones (excluding diaryl/α,β-unsaturated/α-hetero) is 1. The first kappa shape index (κ1) is 28.9. The Labute approximate surface area is 245 Å². The monoisotopic (exact) mass is 578 g/mol. The van der Waals surface area contributed by atoms with Crippen LogP contribution in [0.1, 0.15) is 37.4 Å². The van der Waals surface area contributed by atoms with E-state index in [9.17, 15) is 9.59 Å². The zero-order valence-corrected chi connectivity index (χ0v) is 24.8. The number of benzene rings is 1. The molecule has 0 spiro atoms. The molecule has 2 aliphatic heterocycles. The normalized spacial score (nSPS) is 16.1. The Morgan fingerprint density at radius 2 is 1.76 bits per heavy atom. The Kier molecular flexibility index (Phi) is 9.40. The highest BCUT2D eigenvalue weighted by molar-refractivity contribution is 7.99. The third kappa shape index (κ3) is 7.56. The summed E-state index contributed by atoms with van der Waals surface area (Å²) in [5.74, 6) is 2.78. The average molecular weight is 579 g/mol. The number of carbonyl (C=O) groups excluding carboxylic acids is 2. The summed E-state index contributed by atoms with van der Waals surface area (Å²) >= 11 is 1.45. The summed E-state index contributed by atoms with van der Waals surface area (Å²) < 4.78 is 5.85. The second-order valence-corrected chi connectivity index (χ2v) is 11.6. The number of carbonyl (C=O) groups is 2. The van der Waals surface area contributed by atoms with Crippen LogP contribution in [0.3, 0.4) is 0 Å². The van der Waals surface area contributed by atoms with Gasteiger partial charge < -0.3 is 19.9 Å². The molecule has 41 heavy (non-hydrogen) atoms. The van der Waals surface area contributed by atoms with Gasteiger partial charge in [-0.05, 0) is 62.6 Å². The van der Waals surface area contributed by atoms with Crippen molar-refractivity contribution in [3.8, 4) is 5.75 Å². The van der Waals surface area contributed by atoms with E-state index in [0.29, 0.717) is 54.4 Å². The fourth-order valence-electron chi connectivity index (χ4n) is 5.18. The number of piperidine rings is 1. The molecular formula is C29H38N8O3S. The number of rotatable bonds is 10. The van der Waals surface area contributed by atoms with E-state index in [1.165, 1.54) is 18.2 Å². The van der Waals surface area contributed by atoms with Gasteiger partial charge in [0, 0.05) is 62.3 Å². The van der Waals surface area contributed by atoms with Gasteiger partial charge in [0.1, 0.15) is 5.78 Å². The van der Waals surface area contributed by atoms with Gasteiger partial charge in [-0.25, -0.2) is 9.97 Å². The van der Waals surface area contributed by atoms with Gasteiger partial charge in [-0.15, -0.1) is 0 Å². The van der Waals surface area contributed by atoms with Crippen LogP contribution in [0.4, 0.5) is 17.5 Å². The number of methoxy groups -OCH3 is 1. The van der Waals surface area contributed by atoms with Crippen LogP contribution in [0.15, 0.2) is 40.4 Å². The van der Waals surface area contributed by atoms with Crippen molar-refractivity contribution in [1.82, 2.24) is 30.0 Å². The lowest BCUT2D eigenvalue weighted by Crippen LogP contribution is -2.51. The van der Waals surface area contributed by atoms with Crippen molar-refractivity contribution in [2.24, 2.45) is 0 Å². The Bertz CT molecular complexity index is 1350. The Balaban J connectivity index is 1.35. The van der Waals surface area contributed by atoms with E-state index in [4.69, 9.17) is 14.7 Å². The number of amides is 1. The summed E-state index contributed by atoms with van der Waals surface area (Å²) in [7, 11) is 1.62. The molecule has 4 heterocycles. The maximum absolute atomic E-state index is 12.8. The SMILES string of the molecule is COc1c(Nc2cc(C)[nH]n2)nc(Sc2ccc(CC(C)=O)cc2)nc1N1CCN(CC(=O)N2CCCCC2)CC1. The van der Waals surface area contributed by atoms with Crippen LogP contribution in [-0.4, -0.2) is 94.6 Å². The summed E-state index contributed by atoms with van der Waals surface area (Å²) in [5, 5.41) is 11.1. The van der Waals surface area contributed by atoms with E-state index in [2.05, 4.69) is 25.3 Å². The maximum atomic E-state index is 12.8. The molecule has 0 radical (unpaired) electrons. The van der Waals surface area contributed by atoms with Crippen LogP contribution < -0.4 is 15.0 Å². The number of anilines is 3. The van der Waals surface area contributed by atoms with Gasteiger partial charge in [-0.3, -0.25) is 19.6 Å². The molecule has 1 aromatic carbocycles. The summed E-state index contributed by atoms with van der Waals surface area (Å²) in [4.78, 5) is 41.5. The lowest BCUT2D eigenvalue weighted by molar-refractivity contribution is -0.133. The Morgan fingerprint density at radius 3 is 2.39 bits per heavy atom. The number of aryl methyl sites for hydroxylation is 1. The standard InChI is InChI=1S/C29H38N8O3S/c1-20-17-24(34-33-20)30-27-26(40-3)28(32-29(31-27)41-23-9-7-22(8-10-23)18-21(2)38)37-15-13-35(14-16-37)19-25(39)36-11-5-4-6-12-36/h7-10,17H,4-6,11-16,18-19H2,1-3H3,(H2,30,31,32,33,34). The van der Waals surface area contributed by atoms with Gasteiger partial charge in [0.25, 0.3) is 0 Å². The summed E-state index contributed by atoms with van der Waals surface area (Å²) in [6, 6.07) is 9.80. The van der Waals surface area contributed by atoms with E-state index in [-0.39, 0.29) is 11.7 Å². The van der Waals surface area contributed by atoms with Crippen molar-refractivity contribution in [3.63, 3.8) is 0 Å². The number of ketones is 1. The second-order valence-electron chi connectivity index (χ2n) is 10.6. The highest BCUT2D eigenvalue weighted by Gasteiger charge is 2.27. The topological polar surface area (TPSA) is 120 Å². The predicted molar refractivity (Wildman–Crippen MR) is 159 cm³/mol. The molecule has 12 heteroatoms. The van der Waals surface area contributed by atoms with Gasteiger partial charge in [-0.2, -0.15) is 5.10 Å². The van der Waals surface area contributed by atoms with E-state index >= 15 is 0 Å². The quantitative estimate of drug-likeness (QED) is 0.345. The van der Waals surface area contributed by atoms with Crippen molar-refractivity contribution in [1.29, 1.82) is 0 Å². The first-order valence-corrected chi connectivity index (χ1v) is 15.0. The molecule has 11 nitrogen and oxygen atoms in total. The fourth-order valence-corrected chi connectivity index (χ4v) is 5.93. The second kappa shape index (κ2) is 13.3. The number of nitrogens with zero attached hydrogens (tertiary/aromatic N) is 6. The molecule has 1 amide bonds. The van der Waals surface area contributed by atoms with Gasteiger partial charge >= 0.3 is 0 Å². The number of aromatic nitrogens is 4. The number of H-pyrrole nitrogens is 1. The molecule has 0 unspecified atom stereocenters. The van der Waals surface area contributed by atoms with Crippen molar-refractivity contribution < 1.29 is 14.3 Å². The average Bonchev–Trinajstić information content (AvgIpc) is 3.38. The van der Waals surface area contributed by atoms with Crippen LogP contribution in [0.2, 0.25) is 0 Å². The summed E-state index contributed by atoms with van der Waals surface area (Å²) in [6.45, 7) is 8.69. The molecule has 2 aliphatic rings. The number of nitrogens with one attached hydrogen (secondary N) is 2. The highest BCUT2D eigenvalue weighted by Crippen LogP contribution is 2.38. The van der Waals surface area contributed by atoms with Crippen LogP contribution in [0, 0.1) is 6.92 Å².